The predicted molar refractivity (Wildman–Crippen MR) is 117 cm³/mol. The van der Waals surface area contributed by atoms with Crippen LogP contribution >= 0.6 is 0 Å². The van der Waals surface area contributed by atoms with Gasteiger partial charge >= 0.3 is 0 Å². The Morgan fingerprint density at radius 1 is 1.09 bits per heavy atom. The molecule has 4 rings (SSSR count). The van der Waals surface area contributed by atoms with Gasteiger partial charge in [-0.2, -0.15) is 4.52 Å². The molecule has 0 aliphatic heterocycles. The highest BCUT2D eigenvalue weighted by atomic mass is 19.1. The number of benzene rings is 2. The van der Waals surface area contributed by atoms with E-state index in [1.807, 2.05) is 0 Å². The lowest BCUT2D eigenvalue weighted by Gasteiger charge is -2.06. The van der Waals surface area contributed by atoms with Gasteiger partial charge in [0.2, 0.25) is 11.8 Å². The zero-order valence-corrected chi connectivity index (χ0v) is 17.1. The molecule has 2 aromatic carbocycles. The molecule has 0 saturated carbocycles. The van der Waals surface area contributed by atoms with E-state index in [1.54, 1.807) is 42.5 Å². The number of amides is 1. The molecular weight excluding hydrogens is 431 g/mol. The Morgan fingerprint density at radius 3 is 2.58 bits per heavy atom. The summed E-state index contributed by atoms with van der Waals surface area (Å²) in [5.74, 6) is 0.0634. The molecule has 0 radical (unpaired) electrons. The number of hydrogen-bond donors (Lipinski definition) is 1. The van der Waals surface area contributed by atoms with Crippen molar-refractivity contribution in [1.82, 2.24) is 25.1 Å². The zero-order valence-electron chi connectivity index (χ0n) is 17.1. The third kappa shape index (κ3) is 5.34. The summed E-state index contributed by atoms with van der Waals surface area (Å²) in [6.07, 6.45) is 2.88. The van der Waals surface area contributed by atoms with Crippen molar-refractivity contribution in [2.45, 2.75) is 0 Å². The lowest BCUT2D eigenvalue weighted by atomic mass is 10.2. The van der Waals surface area contributed by atoms with Crippen molar-refractivity contribution >= 4 is 23.3 Å². The molecule has 2 aromatic heterocycles. The standard InChI is InChI=1S/C22H17FN6O4/c23-17-6-4-16(5-7-17)22-26-25-19-10-12-21(27-28(19)22)33-14-13-24-20(30)11-3-15-1-8-18(9-2-15)29(31)32/h1-12H,13-14H2,(H,24,30)/b11-3+. The van der Waals surface area contributed by atoms with Gasteiger partial charge in [0, 0.05) is 29.8 Å². The van der Waals surface area contributed by atoms with Gasteiger partial charge in [0.15, 0.2) is 11.5 Å². The molecular formula is C22H17FN6O4. The van der Waals surface area contributed by atoms with Gasteiger partial charge in [0.1, 0.15) is 12.4 Å². The summed E-state index contributed by atoms with van der Waals surface area (Å²) in [5.41, 5.74) is 1.80. The predicted octanol–water partition coefficient (Wildman–Crippen LogP) is 3.05. The van der Waals surface area contributed by atoms with Crippen LogP contribution in [0.1, 0.15) is 5.56 Å². The van der Waals surface area contributed by atoms with Gasteiger partial charge in [-0.25, -0.2) is 4.39 Å². The SMILES string of the molecule is O=C(/C=C/c1ccc([N+](=O)[O-])cc1)NCCOc1ccc2nnc(-c3ccc(F)cc3)n2n1. The highest BCUT2D eigenvalue weighted by molar-refractivity contribution is 5.91. The minimum Gasteiger partial charge on any atom is -0.475 e. The average molecular weight is 448 g/mol. The summed E-state index contributed by atoms with van der Waals surface area (Å²) in [6.45, 7) is 0.403. The number of ether oxygens (including phenoxy) is 1. The maximum atomic E-state index is 13.2. The van der Waals surface area contributed by atoms with Gasteiger partial charge in [-0.05, 0) is 54.1 Å². The smallest absolute Gasteiger partial charge is 0.269 e. The summed E-state index contributed by atoms with van der Waals surface area (Å²) in [7, 11) is 0. The van der Waals surface area contributed by atoms with E-state index in [9.17, 15) is 19.3 Å². The number of nitrogens with zero attached hydrogens (tertiary/aromatic N) is 5. The minimum absolute atomic E-state index is 0.0168. The molecule has 0 saturated heterocycles. The van der Waals surface area contributed by atoms with E-state index in [2.05, 4.69) is 20.6 Å². The maximum absolute atomic E-state index is 13.2. The summed E-state index contributed by atoms with van der Waals surface area (Å²) >= 11 is 0. The van der Waals surface area contributed by atoms with Crippen molar-refractivity contribution in [2.24, 2.45) is 0 Å². The number of carbonyl (C=O) groups excluding carboxylic acids is 1. The van der Waals surface area contributed by atoms with E-state index in [4.69, 9.17) is 4.74 Å². The number of nitro groups is 1. The van der Waals surface area contributed by atoms with Gasteiger partial charge in [0.25, 0.3) is 5.69 Å². The Bertz CT molecular complexity index is 1320. The first-order valence-electron chi connectivity index (χ1n) is 9.81. The Balaban J connectivity index is 1.30. The van der Waals surface area contributed by atoms with E-state index in [0.717, 1.165) is 0 Å². The second-order valence-electron chi connectivity index (χ2n) is 6.79. The van der Waals surface area contributed by atoms with Crippen molar-refractivity contribution in [3.8, 4) is 17.3 Å². The summed E-state index contributed by atoms with van der Waals surface area (Å²) < 4.78 is 20.3. The van der Waals surface area contributed by atoms with E-state index < -0.39 is 4.92 Å². The number of rotatable bonds is 8. The monoisotopic (exact) mass is 448 g/mol. The molecule has 0 bridgehead atoms. The van der Waals surface area contributed by atoms with Crippen LogP contribution in [-0.2, 0) is 4.79 Å². The molecule has 0 spiro atoms. The Hall–Kier alpha value is -4.67. The molecule has 1 amide bonds. The normalized spacial score (nSPS) is 11.1. The summed E-state index contributed by atoms with van der Waals surface area (Å²) in [6, 6.07) is 15.0. The van der Waals surface area contributed by atoms with Gasteiger partial charge in [-0.1, -0.05) is 0 Å². The number of nitro benzene ring substituents is 1. The third-order valence-electron chi connectivity index (χ3n) is 4.52. The average Bonchev–Trinajstić information content (AvgIpc) is 3.24. The van der Waals surface area contributed by atoms with Crippen molar-refractivity contribution in [3.05, 3.63) is 88.2 Å². The number of carbonyl (C=O) groups is 1. The van der Waals surface area contributed by atoms with Crippen LogP contribution in [0.3, 0.4) is 0 Å². The first-order chi connectivity index (χ1) is 16.0. The third-order valence-corrected chi connectivity index (χ3v) is 4.52. The second-order valence-corrected chi connectivity index (χ2v) is 6.79. The second kappa shape index (κ2) is 9.64. The number of hydrogen-bond acceptors (Lipinski definition) is 7. The fourth-order valence-electron chi connectivity index (χ4n) is 2.90. The maximum Gasteiger partial charge on any atom is 0.269 e. The van der Waals surface area contributed by atoms with Crippen molar-refractivity contribution in [1.29, 1.82) is 0 Å². The minimum atomic E-state index is -0.486. The number of halogens is 1. The first kappa shape index (κ1) is 21.6. The summed E-state index contributed by atoms with van der Waals surface area (Å²) in [5, 5.41) is 25.8. The molecule has 4 aromatic rings. The Morgan fingerprint density at radius 2 is 1.85 bits per heavy atom. The number of nitrogens with one attached hydrogen (secondary N) is 1. The molecule has 0 fully saturated rings. The van der Waals surface area contributed by atoms with Gasteiger partial charge in [-0.15, -0.1) is 15.3 Å². The molecule has 0 aliphatic rings. The van der Waals surface area contributed by atoms with Crippen LogP contribution < -0.4 is 10.1 Å². The van der Waals surface area contributed by atoms with E-state index in [-0.39, 0.29) is 30.6 Å². The number of aromatic nitrogens is 4. The Labute approximate surface area is 186 Å². The molecule has 10 nitrogen and oxygen atoms in total. The number of fused-ring (bicyclic) bond motifs is 1. The van der Waals surface area contributed by atoms with Gasteiger partial charge < -0.3 is 10.1 Å². The molecule has 11 heteroatoms. The quantitative estimate of drug-likeness (QED) is 0.190. The fourth-order valence-corrected chi connectivity index (χ4v) is 2.90. The number of non-ortho nitro benzene ring substituents is 1. The highest BCUT2D eigenvalue weighted by Gasteiger charge is 2.11. The van der Waals surface area contributed by atoms with Crippen LogP contribution in [-0.4, -0.2) is 43.8 Å². The van der Waals surface area contributed by atoms with Crippen LogP contribution in [0.25, 0.3) is 23.1 Å². The molecule has 166 valence electrons. The lowest BCUT2D eigenvalue weighted by Crippen LogP contribution is -2.26. The van der Waals surface area contributed by atoms with Crippen molar-refractivity contribution in [2.75, 3.05) is 13.2 Å². The van der Waals surface area contributed by atoms with Crippen LogP contribution in [0.5, 0.6) is 5.88 Å². The molecule has 2 heterocycles. The lowest BCUT2D eigenvalue weighted by molar-refractivity contribution is -0.384. The fraction of sp³-hybridized carbons (Fsp3) is 0.0909. The summed E-state index contributed by atoms with van der Waals surface area (Å²) in [4.78, 5) is 22.1. The van der Waals surface area contributed by atoms with Crippen molar-refractivity contribution < 1.29 is 18.8 Å². The van der Waals surface area contributed by atoms with Crippen LogP contribution in [0.4, 0.5) is 10.1 Å². The molecule has 0 aliphatic carbocycles. The largest absolute Gasteiger partial charge is 0.475 e. The molecule has 33 heavy (non-hydrogen) atoms. The van der Waals surface area contributed by atoms with Crippen LogP contribution in [0.2, 0.25) is 0 Å². The molecule has 0 unspecified atom stereocenters. The van der Waals surface area contributed by atoms with Gasteiger partial charge in [-0.3, -0.25) is 14.9 Å². The molecule has 1 N–H and O–H groups in total. The zero-order chi connectivity index (χ0) is 23.2. The van der Waals surface area contributed by atoms with Crippen LogP contribution in [0.15, 0.2) is 66.7 Å². The van der Waals surface area contributed by atoms with E-state index >= 15 is 0 Å². The topological polar surface area (TPSA) is 125 Å². The van der Waals surface area contributed by atoms with E-state index in [0.29, 0.717) is 28.5 Å². The van der Waals surface area contributed by atoms with Crippen molar-refractivity contribution in [3.63, 3.8) is 0 Å². The van der Waals surface area contributed by atoms with E-state index in [1.165, 1.54) is 34.9 Å². The Kier molecular flexibility index (Phi) is 6.30. The van der Waals surface area contributed by atoms with Gasteiger partial charge in [0.05, 0.1) is 11.5 Å². The first-order valence-corrected chi connectivity index (χ1v) is 9.81. The van der Waals surface area contributed by atoms with Crippen LogP contribution in [0, 0.1) is 15.9 Å². The highest BCUT2D eigenvalue weighted by Crippen LogP contribution is 2.19. The molecule has 0 atom stereocenters.